The topological polar surface area (TPSA) is 82.2 Å². The van der Waals surface area contributed by atoms with E-state index in [1.54, 1.807) is 18.2 Å². The summed E-state index contributed by atoms with van der Waals surface area (Å²) in [6.07, 6.45) is 0.783. The minimum atomic E-state index is -0.241. The SMILES string of the molecule is N=C(N)N1CCc2cc(NC(=O)c3ccc(Cl)c(Cl)c3)ccc2C1. The largest absolute Gasteiger partial charge is 0.370 e. The predicted octanol–water partition coefficient (Wildman–Crippen LogP) is 3.50. The molecule has 0 saturated carbocycles. The van der Waals surface area contributed by atoms with Crippen LogP contribution < -0.4 is 11.1 Å². The number of carbonyl (C=O) groups is 1. The van der Waals surface area contributed by atoms with Crippen LogP contribution in [-0.4, -0.2) is 23.3 Å². The van der Waals surface area contributed by atoms with Crippen molar-refractivity contribution in [3.05, 3.63) is 63.1 Å². The quantitative estimate of drug-likeness (QED) is 0.564. The molecule has 0 spiro atoms. The van der Waals surface area contributed by atoms with Gasteiger partial charge in [0.15, 0.2) is 5.96 Å². The third kappa shape index (κ3) is 3.47. The Hall–Kier alpha value is -2.24. The Balaban J connectivity index is 1.75. The third-order valence-electron chi connectivity index (χ3n) is 4.00. The summed E-state index contributed by atoms with van der Waals surface area (Å²) in [7, 11) is 0. The molecule has 0 bridgehead atoms. The van der Waals surface area contributed by atoms with Gasteiger partial charge in [0, 0.05) is 24.3 Å². The Morgan fingerprint density at radius 3 is 2.62 bits per heavy atom. The lowest BCUT2D eigenvalue weighted by molar-refractivity contribution is 0.102. The molecule has 0 aliphatic carbocycles. The molecule has 1 aliphatic rings. The van der Waals surface area contributed by atoms with E-state index in [1.165, 1.54) is 0 Å². The van der Waals surface area contributed by atoms with Crippen LogP contribution in [0.25, 0.3) is 0 Å². The molecule has 1 heterocycles. The van der Waals surface area contributed by atoms with Gasteiger partial charge in [0.2, 0.25) is 0 Å². The van der Waals surface area contributed by atoms with Gasteiger partial charge in [0.05, 0.1) is 10.0 Å². The Morgan fingerprint density at radius 2 is 1.92 bits per heavy atom. The molecule has 0 unspecified atom stereocenters. The molecular weight excluding hydrogens is 347 g/mol. The summed E-state index contributed by atoms with van der Waals surface area (Å²) in [5, 5.41) is 11.1. The Morgan fingerprint density at radius 1 is 1.12 bits per heavy atom. The summed E-state index contributed by atoms with van der Waals surface area (Å²) in [6, 6.07) is 10.5. The van der Waals surface area contributed by atoms with E-state index in [2.05, 4.69) is 5.32 Å². The van der Waals surface area contributed by atoms with E-state index in [1.807, 2.05) is 23.1 Å². The van der Waals surface area contributed by atoms with Gasteiger partial charge in [-0.1, -0.05) is 29.3 Å². The minimum Gasteiger partial charge on any atom is -0.370 e. The van der Waals surface area contributed by atoms with E-state index in [0.717, 1.165) is 23.2 Å². The molecule has 24 heavy (non-hydrogen) atoms. The van der Waals surface area contributed by atoms with Crippen molar-refractivity contribution in [2.24, 2.45) is 5.73 Å². The highest BCUT2D eigenvalue weighted by Crippen LogP contribution is 2.25. The van der Waals surface area contributed by atoms with E-state index in [0.29, 0.717) is 28.7 Å². The fourth-order valence-corrected chi connectivity index (χ4v) is 2.98. The second-order valence-electron chi connectivity index (χ2n) is 5.62. The maximum absolute atomic E-state index is 12.3. The van der Waals surface area contributed by atoms with Crippen molar-refractivity contribution in [3.63, 3.8) is 0 Å². The highest BCUT2D eigenvalue weighted by atomic mass is 35.5. The lowest BCUT2D eigenvalue weighted by atomic mass is 9.99. The zero-order valence-corrected chi connectivity index (χ0v) is 14.3. The zero-order valence-electron chi connectivity index (χ0n) is 12.8. The molecular formula is C17H16Cl2N4O. The number of nitrogens with one attached hydrogen (secondary N) is 2. The molecule has 0 saturated heterocycles. The van der Waals surface area contributed by atoms with Crippen molar-refractivity contribution in [3.8, 4) is 0 Å². The molecule has 4 N–H and O–H groups in total. The maximum atomic E-state index is 12.3. The van der Waals surface area contributed by atoms with E-state index in [9.17, 15) is 4.79 Å². The van der Waals surface area contributed by atoms with Crippen LogP contribution >= 0.6 is 23.2 Å². The van der Waals surface area contributed by atoms with Crippen LogP contribution in [0.1, 0.15) is 21.5 Å². The number of hydrogen-bond acceptors (Lipinski definition) is 2. The number of nitrogens with zero attached hydrogens (tertiary/aromatic N) is 1. The summed E-state index contributed by atoms with van der Waals surface area (Å²) in [5.74, 6) is -0.160. The maximum Gasteiger partial charge on any atom is 0.255 e. The standard InChI is InChI=1S/C17H16Cl2N4O/c18-14-4-2-11(8-15(14)19)16(24)22-13-3-1-12-9-23(17(20)21)6-5-10(12)7-13/h1-4,7-8H,5-6,9H2,(H3,20,21)(H,22,24). The molecule has 2 aromatic carbocycles. The molecule has 2 aromatic rings. The number of anilines is 1. The van der Waals surface area contributed by atoms with Crippen LogP contribution in [0.5, 0.6) is 0 Å². The van der Waals surface area contributed by atoms with Crippen molar-refractivity contribution < 1.29 is 4.79 Å². The second-order valence-corrected chi connectivity index (χ2v) is 6.44. The van der Waals surface area contributed by atoms with E-state index in [-0.39, 0.29) is 11.9 Å². The van der Waals surface area contributed by atoms with Crippen LogP contribution in [0.4, 0.5) is 5.69 Å². The molecule has 5 nitrogen and oxygen atoms in total. The van der Waals surface area contributed by atoms with E-state index in [4.69, 9.17) is 34.3 Å². The first-order valence-electron chi connectivity index (χ1n) is 7.41. The van der Waals surface area contributed by atoms with Gasteiger partial charge < -0.3 is 16.0 Å². The highest BCUT2D eigenvalue weighted by molar-refractivity contribution is 6.42. The van der Waals surface area contributed by atoms with Crippen LogP contribution in [0.2, 0.25) is 10.0 Å². The van der Waals surface area contributed by atoms with Gasteiger partial charge in [0.25, 0.3) is 5.91 Å². The monoisotopic (exact) mass is 362 g/mol. The minimum absolute atomic E-state index is 0.0812. The van der Waals surface area contributed by atoms with Crippen molar-refractivity contribution in [2.75, 3.05) is 11.9 Å². The first-order valence-corrected chi connectivity index (χ1v) is 8.17. The Kier molecular flexibility index (Phi) is 4.64. The third-order valence-corrected chi connectivity index (χ3v) is 4.74. The number of hydrogen-bond donors (Lipinski definition) is 3. The van der Waals surface area contributed by atoms with Crippen molar-refractivity contribution in [2.45, 2.75) is 13.0 Å². The first-order chi connectivity index (χ1) is 11.4. The number of halogens is 2. The molecule has 0 aromatic heterocycles. The number of guanidine groups is 1. The van der Waals surface area contributed by atoms with Gasteiger partial charge in [-0.3, -0.25) is 10.2 Å². The van der Waals surface area contributed by atoms with Gasteiger partial charge in [0.1, 0.15) is 0 Å². The second kappa shape index (κ2) is 6.71. The Labute approximate surface area is 149 Å². The molecule has 7 heteroatoms. The van der Waals surface area contributed by atoms with Gasteiger partial charge in [-0.05, 0) is 47.9 Å². The van der Waals surface area contributed by atoms with Crippen LogP contribution in [0.15, 0.2) is 36.4 Å². The lowest BCUT2D eigenvalue weighted by Crippen LogP contribution is -2.40. The Bertz CT molecular complexity index is 822. The number of nitrogens with two attached hydrogens (primary N) is 1. The van der Waals surface area contributed by atoms with Gasteiger partial charge in [-0.15, -0.1) is 0 Å². The van der Waals surface area contributed by atoms with Crippen LogP contribution in [-0.2, 0) is 13.0 Å². The average molecular weight is 363 g/mol. The summed E-state index contributed by atoms with van der Waals surface area (Å²) < 4.78 is 0. The highest BCUT2D eigenvalue weighted by Gasteiger charge is 2.18. The number of fused-ring (bicyclic) bond motifs is 1. The summed E-state index contributed by atoms with van der Waals surface area (Å²) in [4.78, 5) is 14.1. The fourth-order valence-electron chi connectivity index (χ4n) is 2.68. The van der Waals surface area contributed by atoms with E-state index < -0.39 is 0 Å². The van der Waals surface area contributed by atoms with Crippen LogP contribution in [0.3, 0.4) is 0 Å². The smallest absolute Gasteiger partial charge is 0.255 e. The number of amides is 1. The van der Waals surface area contributed by atoms with Crippen molar-refractivity contribution >= 4 is 40.8 Å². The summed E-state index contributed by atoms with van der Waals surface area (Å²) >= 11 is 11.8. The van der Waals surface area contributed by atoms with Gasteiger partial charge >= 0.3 is 0 Å². The van der Waals surface area contributed by atoms with E-state index >= 15 is 0 Å². The van der Waals surface area contributed by atoms with Crippen LogP contribution in [0, 0.1) is 5.41 Å². The number of benzene rings is 2. The molecule has 0 radical (unpaired) electrons. The lowest BCUT2D eigenvalue weighted by Gasteiger charge is -2.29. The number of carbonyl (C=O) groups excluding carboxylic acids is 1. The van der Waals surface area contributed by atoms with Gasteiger partial charge in [-0.2, -0.15) is 0 Å². The molecule has 0 atom stereocenters. The summed E-state index contributed by atoms with van der Waals surface area (Å²) in [5.41, 5.74) is 8.98. The molecule has 1 aliphatic heterocycles. The molecule has 124 valence electrons. The fraction of sp³-hybridized carbons (Fsp3) is 0.176. The average Bonchev–Trinajstić information content (AvgIpc) is 2.56. The van der Waals surface area contributed by atoms with Gasteiger partial charge in [-0.25, -0.2) is 0 Å². The summed E-state index contributed by atoms with van der Waals surface area (Å²) in [6.45, 7) is 1.32. The predicted molar refractivity (Wildman–Crippen MR) is 96.9 cm³/mol. The molecule has 0 fully saturated rings. The first kappa shape index (κ1) is 16.6. The zero-order chi connectivity index (χ0) is 17.3. The molecule has 1 amide bonds. The van der Waals surface area contributed by atoms with Crippen molar-refractivity contribution in [1.82, 2.24) is 4.90 Å². The normalized spacial score (nSPS) is 13.3. The number of rotatable bonds is 2. The molecule has 3 rings (SSSR count). The van der Waals surface area contributed by atoms with Crippen molar-refractivity contribution in [1.29, 1.82) is 5.41 Å².